The molecule has 8 heteroatoms. The van der Waals surface area contributed by atoms with E-state index in [-0.39, 0.29) is 10.6 Å². The van der Waals surface area contributed by atoms with Crippen molar-refractivity contribution in [2.24, 2.45) is 0 Å². The topological polar surface area (TPSA) is 98.8 Å². The summed E-state index contributed by atoms with van der Waals surface area (Å²) in [6.07, 6.45) is 0. The van der Waals surface area contributed by atoms with Gasteiger partial charge in [0, 0.05) is 23.9 Å². The largest absolute Gasteiger partial charge is 0.381 e. The zero-order chi connectivity index (χ0) is 17.1. The molecule has 0 saturated carbocycles. The second-order valence-corrected chi connectivity index (χ2v) is 5.36. The van der Waals surface area contributed by atoms with Crippen LogP contribution in [0.5, 0.6) is 0 Å². The van der Waals surface area contributed by atoms with Gasteiger partial charge in [-0.15, -0.1) is 5.10 Å². The maximum absolute atomic E-state index is 11.0. The molecular formula is C16H16N6O2. The fraction of sp³-hybridized carbons (Fsp3) is 0.188. The summed E-state index contributed by atoms with van der Waals surface area (Å²) in [5, 5.41) is 25.8. The van der Waals surface area contributed by atoms with Crippen molar-refractivity contribution in [3.63, 3.8) is 0 Å². The van der Waals surface area contributed by atoms with Crippen LogP contribution < -0.4 is 5.32 Å². The van der Waals surface area contributed by atoms with Crippen molar-refractivity contribution in [2.75, 3.05) is 5.32 Å². The summed E-state index contributed by atoms with van der Waals surface area (Å²) >= 11 is 0. The Balaban J connectivity index is 1.80. The highest BCUT2D eigenvalue weighted by Crippen LogP contribution is 2.22. The lowest BCUT2D eigenvalue weighted by molar-refractivity contribution is -0.385. The summed E-state index contributed by atoms with van der Waals surface area (Å²) in [6, 6.07) is 12.8. The number of hydrogen-bond donors (Lipinski definition) is 1. The van der Waals surface area contributed by atoms with Crippen LogP contribution in [0.3, 0.4) is 0 Å². The van der Waals surface area contributed by atoms with Crippen molar-refractivity contribution >= 4 is 11.4 Å². The lowest BCUT2D eigenvalue weighted by atomic mass is 10.1. The minimum absolute atomic E-state index is 0.132. The highest BCUT2D eigenvalue weighted by Gasteiger charge is 2.13. The number of rotatable bonds is 5. The van der Waals surface area contributed by atoms with Crippen LogP contribution in [0.1, 0.15) is 17.0 Å². The quantitative estimate of drug-likeness (QED) is 0.572. The maximum atomic E-state index is 11.0. The van der Waals surface area contributed by atoms with Crippen molar-refractivity contribution in [3.8, 4) is 5.69 Å². The third-order valence-electron chi connectivity index (χ3n) is 3.81. The van der Waals surface area contributed by atoms with Gasteiger partial charge in [0.1, 0.15) is 0 Å². The van der Waals surface area contributed by atoms with Crippen LogP contribution in [0.25, 0.3) is 5.69 Å². The second-order valence-electron chi connectivity index (χ2n) is 5.36. The van der Waals surface area contributed by atoms with Crippen LogP contribution >= 0.6 is 0 Å². The number of hydrogen-bond acceptors (Lipinski definition) is 6. The Kier molecular flexibility index (Phi) is 4.19. The molecule has 0 atom stereocenters. The molecule has 0 bridgehead atoms. The van der Waals surface area contributed by atoms with Crippen LogP contribution in [0.2, 0.25) is 0 Å². The second kappa shape index (κ2) is 6.45. The predicted octanol–water partition coefficient (Wildman–Crippen LogP) is 2.80. The van der Waals surface area contributed by atoms with Crippen molar-refractivity contribution in [3.05, 3.63) is 69.5 Å². The van der Waals surface area contributed by atoms with E-state index in [1.54, 1.807) is 17.7 Å². The number of aryl methyl sites for hydroxylation is 1. The molecule has 1 N–H and O–H groups in total. The molecule has 3 aromatic rings. The average Bonchev–Trinajstić information content (AvgIpc) is 3.00. The van der Waals surface area contributed by atoms with E-state index in [2.05, 4.69) is 20.8 Å². The average molecular weight is 324 g/mol. The first-order valence-corrected chi connectivity index (χ1v) is 7.38. The van der Waals surface area contributed by atoms with Gasteiger partial charge in [-0.2, -0.15) is 4.68 Å². The molecule has 0 unspecified atom stereocenters. The first-order chi connectivity index (χ1) is 11.6. The highest BCUT2D eigenvalue weighted by molar-refractivity contribution is 5.52. The van der Waals surface area contributed by atoms with E-state index in [9.17, 15) is 10.1 Å². The van der Waals surface area contributed by atoms with Crippen LogP contribution in [0.15, 0.2) is 42.5 Å². The lowest BCUT2D eigenvalue weighted by Gasteiger charge is -2.10. The molecular weight excluding hydrogens is 308 g/mol. The van der Waals surface area contributed by atoms with Gasteiger partial charge in [-0.1, -0.05) is 18.2 Å². The van der Waals surface area contributed by atoms with Crippen LogP contribution in [-0.2, 0) is 6.54 Å². The van der Waals surface area contributed by atoms with E-state index in [0.29, 0.717) is 17.9 Å². The fourth-order valence-corrected chi connectivity index (χ4v) is 2.47. The highest BCUT2D eigenvalue weighted by atomic mass is 16.6. The number of anilines is 1. The number of benzene rings is 2. The zero-order valence-electron chi connectivity index (χ0n) is 13.3. The fourth-order valence-electron chi connectivity index (χ4n) is 2.47. The standard InChI is InChI=1S/C16H16N6O2/c1-11-13(5-3-8-16(11)22(23)24)10-17-14-6-4-7-15(9-14)21-12(2)18-19-20-21/h3-9,17H,10H2,1-2H3. The van der Waals surface area contributed by atoms with E-state index in [0.717, 1.165) is 16.9 Å². The van der Waals surface area contributed by atoms with Gasteiger partial charge in [0.05, 0.1) is 10.6 Å². The Morgan fingerprint density at radius 1 is 1.21 bits per heavy atom. The monoisotopic (exact) mass is 324 g/mol. The van der Waals surface area contributed by atoms with Crippen LogP contribution in [0.4, 0.5) is 11.4 Å². The summed E-state index contributed by atoms with van der Waals surface area (Å²) < 4.78 is 1.64. The Labute approximate surface area is 138 Å². The van der Waals surface area contributed by atoms with Crippen molar-refractivity contribution in [1.29, 1.82) is 0 Å². The molecule has 0 amide bonds. The normalized spacial score (nSPS) is 10.6. The first-order valence-electron chi connectivity index (χ1n) is 7.38. The van der Waals surface area contributed by atoms with Gasteiger partial charge in [0.25, 0.3) is 5.69 Å². The number of aromatic nitrogens is 4. The molecule has 122 valence electrons. The first kappa shape index (κ1) is 15.6. The number of tetrazole rings is 1. The van der Waals surface area contributed by atoms with E-state index in [4.69, 9.17) is 0 Å². The summed E-state index contributed by atoms with van der Waals surface area (Å²) in [5.41, 5.74) is 3.41. The molecule has 0 saturated heterocycles. The van der Waals surface area contributed by atoms with E-state index < -0.39 is 0 Å². The number of nitrogens with zero attached hydrogens (tertiary/aromatic N) is 5. The summed E-state index contributed by atoms with van der Waals surface area (Å²) in [5.74, 6) is 0.696. The molecule has 0 radical (unpaired) electrons. The smallest absolute Gasteiger partial charge is 0.272 e. The maximum Gasteiger partial charge on any atom is 0.272 e. The molecule has 8 nitrogen and oxygen atoms in total. The van der Waals surface area contributed by atoms with Gasteiger partial charge in [0.2, 0.25) is 0 Å². The Morgan fingerprint density at radius 2 is 2.00 bits per heavy atom. The number of nitro groups is 1. The summed E-state index contributed by atoms with van der Waals surface area (Å²) in [4.78, 5) is 10.7. The molecule has 3 rings (SSSR count). The number of nitrogens with one attached hydrogen (secondary N) is 1. The summed E-state index contributed by atoms with van der Waals surface area (Å²) in [6.45, 7) is 4.08. The molecule has 24 heavy (non-hydrogen) atoms. The van der Waals surface area contributed by atoms with Gasteiger partial charge in [-0.25, -0.2) is 0 Å². The molecule has 1 heterocycles. The number of nitro benzene ring substituents is 1. The lowest BCUT2D eigenvalue weighted by Crippen LogP contribution is -2.05. The van der Waals surface area contributed by atoms with E-state index >= 15 is 0 Å². The molecule has 2 aromatic carbocycles. The van der Waals surface area contributed by atoms with Crippen LogP contribution in [0, 0.1) is 24.0 Å². The van der Waals surface area contributed by atoms with Crippen molar-refractivity contribution in [2.45, 2.75) is 20.4 Å². The Bertz CT molecular complexity index is 890. The third-order valence-corrected chi connectivity index (χ3v) is 3.81. The molecule has 0 spiro atoms. The van der Waals surface area contributed by atoms with Crippen molar-refractivity contribution in [1.82, 2.24) is 20.2 Å². The van der Waals surface area contributed by atoms with Gasteiger partial charge >= 0.3 is 0 Å². The molecule has 0 aliphatic rings. The minimum atomic E-state index is -0.361. The van der Waals surface area contributed by atoms with E-state index in [1.807, 2.05) is 37.3 Å². The molecule has 0 fully saturated rings. The molecule has 1 aromatic heterocycles. The minimum Gasteiger partial charge on any atom is -0.381 e. The van der Waals surface area contributed by atoms with Crippen LogP contribution in [-0.4, -0.2) is 25.1 Å². The van der Waals surface area contributed by atoms with E-state index in [1.165, 1.54) is 6.07 Å². The Morgan fingerprint density at radius 3 is 2.71 bits per heavy atom. The van der Waals surface area contributed by atoms with Gasteiger partial charge in [0.15, 0.2) is 5.82 Å². The summed E-state index contributed by atoms with van der Waals surface area (Å²) in [7, 11) is 0. The Hall–Kier alpha value is -3.29. The van der Waals surface area contributed by atoms with Crippen molar-refractivity contribution < 1.29 is 4.92 Å². The van der Waals surface area contributed by atoms with Gasteiger partial charge < -0.3 is 5.32 Å². The predicted molar refractivity (Wildman–Crippen MR) is 89.1 cm³/mol. The van der Waals surface area contributed by atoms with Gasteiger partial charge in [-0.05, 0) is 48.0 Å². The SMILES string of the molecule is Cc1c(CNc2cccc(-n3nnnc3C)c2)cccc1[N+](=O)[O-]. The zero-order valence-corrected chi connectivity index (χ0v) is 13.3. The third kappa shape index (κ3) is 3.07. The molecule has 0 aliphatic heterocycles. The van der Waals surface area contributed by atoms with Gasteiger partial charge in [-0.3, -0.25) is 10.1 Å². The molecule has 0 aliphatic carbocycles.